The van der Waals surface area contributed by atoms with Crippen molar-refractivity contribution in [3.05, 3.63) is 77.4 Å². The molecule has 7 heteroatoms. The minimum atomic E-state index is -0.488. The molecular weight excluding hydrogens is 370 g/mol. The summed E-state index contributed by atoms with van der Waals surface area (Å²) in [5, 5.41) is 3.09. The Hall–Kier alpha value is -3.32. The van der Waals surface area contributed by atoms with E-state index in [9.17, 15) is 4.79 Å². The molecule has 0 saturated carbocycles. The lowest BCUT2D eigenvalue weighted by atomic mass is 10.0. The third-order valence-electron chi connectivity index (χ3n) is 4.60. The molecule has 0 saturated heterocycles. The Balaban J connectivity index is 1.98. The van der Waals surface area contributed by atoms with Crippen molar-refractivity contribution >= 4 is 5.91 Å². The number of amides is 1. The zero-order valence-electron chi connectivity index (χ0n) is 17.0. The van der Waals surface area contributed by atoms with E-state index in [1.54, 1.807) is 39.7 Å². The van der Waals surface area contributed by atoms with Crippen LogP contribution in [0.25, 0.3) is 0 Å². The summed E-state index contributed by atoms with van der Waals surface area (Å²) in [6.07, 6.45) is 3.54. The van der Waals surface area contributed by atoms with Crippen LogP contribution < -0.4 is 14.8 Å². The molecule has 1 atom stereocenters. The zero-order valence-corrected chi connectivity index (χ0v) is 17.0. The van der Waals surface area contributed by atoms with Gasteiger partial charge in [0.25, 0.3) is 5.91 Å². The summed E-state index contributed by atoms with van der Waals surface area (Å²) in [4.78, 5) is 17.5. The number of ether oxygens (including phenoxy) is 3. The smallest absolute Gasteiger partial charge is 0.252 e. The lowest BCUT2D eigenvalue weighted by molar-refractivity contribution is 0.0940. The molecule has 29 heavy (non-hydrogen) atoms. The van der Waals surface area contributed by atoms with Gasteiger partial charge in [-0.3, -0.25) is 4.79 Å². The Morgan fingerprint density at radius 1 is 1.10 bits per heavy atom. The van der Waals surface area contributed by atoms with Crippen LogP contribution in [0.4, 0.5) is 0 Å². The third-order valence-corrected chi connectivity index (χ3v) is 4.60. The molecule has 0 aliphatic rings. The summed E-state index contributed by atoms with van der Waals surface area (Å²) in [7, 11) is 6.69. The van der Waals surface area contributed by atoms with Gasteiger partial charge >= 0.3 is 0 Å². The molecule has 1 aromatic heterocycles. The number of carbonyl (C=O) groups is 1. The maximum Gasteiger partial charge on any atom is 0.252 e. The van der Waals surface area contributed by atoms with Crippen LogP contribution in [0, 0.1) is 0 Å². The number of rotatable bonds is 8. The van der Waals surface area contributed by atoms with E-state index in [-0.39, 0.29) is 5.91 Å². The molecule has 1 N–H and O–H groups in total. The molecule has 1 unspecified atom stereocenters. The van der Waals surface area contributed by atoms with E-state index in [1.807, 2.05) is 48.1 Å². The van der Waals surface area contributed by atoms with Crippen molar-refractivity contribution in [2.75, 3.05) is 21.3 Å². The number of carbonyl (C=O) groups excluding carboxylic acids is 1. The molecule has 2 aromatic carbocycles. The highest BCUT2D eigenvalue weighted by Crippen LogP contribution is 2.29. The fourth-order valence-corrected chi connectivity index (χ4v) is 3.13. The summed E-state index contributed by atoms with van der Waals surface area (Å²) < 4.78 is 17.8. The number of imidazole rings is 1. The molecule has 3 rings (SSSR count). The van der Waals surface area contributed by atoms with Crippen molar-refractivity contribution in [3.63, 3.8) is 0 Å². The van der Waals surface area contributed by atoms with E-state index >= 15 is 0 Å². The second-order valence-corrected chi connectivity index (χ2v) is 6.58. The number of hydrogen-bond acceptors (Lipinski definition) is 5. The van der Waals surface area contributed by atoms with Crippen LogP contribution in [0.2, 0.25) is 0 Å². The first kappa shape index (κ1) is 20.4. The van der Waals surface area contributed by atoms with Crippen LogP contribution in [0.5, 0.6) is 11.5 Å². The minimum Gasteiger partial charge on any atom is -0.497 e. The summed E-state index contributed by atoms with van der Waals surface area (Å²) in [5.41, 5.74) is 2.28. The SMILES string of the molecule is COCc1cccc(C(=O)NC(c2cc(OC)cc(OC)c2)c2nccn2C)c1. The maximum absolute atomic E-state index is 13.0. The Kier molecular flexibility index (Phi) is 6.51. The van der Waals surface area contributed by atoms with Crippen LogP contribution >= 0.6 is 0 Å². The standard InChI is InChI=1S/C22H25N3O4/c1-25-9-8-23-21(25)20(17-11-18(28-3)13-19(12-17)29-4)24-22(26)16-7-5-6-15(10-16)14-27-2/h5-13,20H,14H2,1-4H3,(H,24,26). The molecule has 0 aliphatic heterocycles. The monoisotopic (exact) mass is 395 g/mol. The fourth-order valence-electron chi connectivity index (χ4n) is 3.13. The molecule has 0 radical (unpaired) electrons. The number of methoxy groups -OCH3 is 3. The van der Waals surface area contributed by atoms with Gasteiger partial charge in [0.1, 0.15) is 23.4 Å². The Morgan fingerprint density at radius 2 is 1.83 bits per heavy atom. The average molecular weight is 395 g/mol. The van der Waals surface area contributed by atoms with Gasteiger partial charge in [-0.1, -0.05) is 12.1 Å². The van der Waals surface area contributed by atoms with Crippen molar-refractivity contribution in [1.29, 1.82) is 0 Å². The highest BCUT2D eigenvalue weighted by atomic mass is 16.5. The van der Waals surface area contributed by atoms with Gasteiger partial charge in [0.05, 0.1) is 20.8 Å². The van der Waals surface area contributed by atoms with Crippen molar-refractivity contribution in [3.8, 4) is 11.5 Å². The van der Waals surface area contributed by atoms with Gasteiger partial charge in [-0.05, 0) is 35.4 Å². The number of hydrogen-bond donors (Lipinski definition) is 1. The Bertz CT molecular complexity index is 961. The minimum absolute atomic E-state index is 0.210. The molecule has 3 aromatic rings. The predicted octanol–water partition coefficient (Wildman–Crippen LogP) is 3.10. The topological polar surface area (TPSA) is 74.6 Å². The maximum atomic E-state index is 13.0. The number of benzene rings is 2. The van der Waals surface area contributed by atoms with E-state index in [0.29, 0.717) is 29.5 Å². The van der Waals surface area contributed by atoms with E-state index in [1.165, 1.54) is 0 Å². The summed E-state index contributed by atoms with van der Waals surface area (Å²) >= 11 is 0. The molecule has 0 bridgehead atoms. The summed E-state index contributed by atoms with van der Waals surface area (Å²) in [6, 6.07) is 12.4. The van der Waals surface area contributed by atoms with Gasteiger partial charge in [-0.2, -0.15) is 0 Å². The molecule has 0 fully saturated rings. The average Bonchev–Trinajstić information content (AvgIpc) is 3.17. The van der Waals surface area contributed by atoms with Crippen LogP contribution in [-0.4, -0.2) is 36.8 Å². The van der Waals surface area contributed by atoms with Crippen molar-refractivity contribution in [2.24, 2.45) is 7.05 Å². The molecule has 0 aliphatic carbocycles. The second-order valence-electron chi connectivity index (χ2n) is 6.58. The Labute approximate surface area is 170 Å². The van der Waals surface area contributed by atoms with Crippen LogP contribution in [0.1, 0.15) is 33.4 Å². The van der Waals surface area contributed by atoms with Gasteiger partial charge < -0.3 is 24.1 Å². The molecule has 1 heterocycles. The zero-order chi connectivity index (χ0) is 20.8. The molecule has 7 nitrogen and oxygen atoms in total. The van der Waals surface area contributed by atoms with Gasteiger partial charge in [0, 0.05) is 38.2 Å². The van der Waals surface area contributed by atoms with Crippen LogP contribution in [0.3, 0.4) is 0 Å². The number of aryl methyl sites for hydroxylation is 1. The highest BCUT2D eigenvalue weighted by molar-refractivity contribution is 5.94. The first-order chi connectivity index (χ1) is 14.0. The van der Waals surface area contributed by atoms with E-state index in [2.05, 4.69) is 10.3 Å². The van der Waals surface area contributed by atoms with E-state index < -0.39 is 6.04 Å². The molecule has 1 amide bonds. The quantitative estimate of drug-likeness (QED) is 0.634. The van der Waals surface area contributed by atoms with E-state index in [4.69, 9.17) is 14.2 Å². The number of nitrogens with zero attached hydrogens (tertiary/aromatic N) is 2. The van der Waals surface area contributed by atoms with Crippen LogP contribution in [-0.2, 0) is 18.4 Å². The van der Waals surface area contributed by atoms with Crippen molar-refractivity contribution < 1.29 is 19.0 Å². The highest BCUT2D eigenvalue weighted by Gasteiger charge is 2.23. The fraction of sp³-hybridized carbons (Fsp3) is 0.273. The first-order valence-corrected chi connectivity index (χ1v) is 9.14. The predicted molar refractivity (Wildman–Crippen MR) is 109 cm³/mol. The van der Waals surface area contributed by atoms with Crippen molar-refractivity contribution in [1.82, 2.24) is 14.9 Å². The second kappa shape index (κ2) is 9.25. The van der Waals surface area contributed by atoms with Gasteiger partial charge in [-0.15, -0.1) is 0 Å². The first-order valence-electron chi connectivity index (χ1n) is 9.14. The van der Waals surface area contributed by atoms with Gasteiger partial charge in [-0.25, -0.2) is 4.98 Å². The normalized spacial score (nSPS) is 11.7. The third kappa shape index (κ3) is 4.75. The molecule has 0 spiro atoms. The van der Waals surface area contributed by atoms with Gasteiger partial charge in [0.2, 0.25) is 0 Å². The lowest BCUT2D eigenvalue weighted by Crippen LogP contribution is -2.31. The molecule has 152 valence electrons. The van der Waals surface area contributed by atoms with Gasteiger partial charge in [0.15, 0.2) is 0 Å². The van der Waals surface area contributed by atoms with E-state index in [0.717, 1.165) is 11.1 Å². The Morgan fingerprint density at radius 3 is 2.41 bits per heavy atom. The number of nitrogens with one attached hydrogen (secondary N) is 1. The number of aromatic nitrogens is 2. The summed E-state index contributed by atoms with van der Waals surface area (Å²) in [6.45, 7) is 0.441. The molecular formula is C22H25N3O4. The van der Waals surface area contributed by atoms with Crippen molar-refractivity contribution in [2.45, 2.75) is 12.6 Å². The van der Waals surface area contributed by atoms with Crippen LogP contribution in [0.15, 0.2) is 54.9 Å². The summed E-state index contributed by atoms with van der Waals surface area (Å²) in [5.74, 6) is 1.75. The largest absolute Gasteiger partial charge is 0.497 e. The lowest BCUT2D eigenvalue weighted by Gasteiger charge is -2.21.